The van der Waals surface area contributed by atoms with Crippen LogP contribution in [0.2, 0.25) is 0 Å². The van der Waals surface area contributed by atoms with E-state index < -0.39 is 12.1 Å². The third-order valence-electron chi connectivity index (χ3n) is 1.06. The quantitative estimate of drug-likeness (QED) is 0.485. The first-order valence-electron chi connectivity index (χ1n) is 2.67. The number of aliphatic hydroxyl groups is 1. The van der Waals surface area contributed by atoms with Crippen molar-refractivity contribution in [3.05, 3.63) is 0 Å². The molecular weight excluding hydrogens is 138 g/mol. The Kier molecular flexibility index (Phi) is 3.84. The molecule has 2 unspecified atom stereocenters. The predicted molar refractivity (Wildman–Crippen MR) is 38.3 cm³/mol. The fraction of sp³-hybridized carbons (Fsp3) is 0.800. The highest BCUT2D eigenvalue weighted by atomic mass is 32.1. The van der Waals surface area contributed by atoms with Crippen molar-refractivity contribution in [2.45, 2.75) is 26.0 Å². The minimum Gasteiger partial charge on any atom is -0.391 e. The maximum Gasteiger partial charge on any atom is 0.150 e. The fourth-order valence-electron chi connectivity index (χ4n) is 0.538. The van der Waals surface area contributed by atoms with Crippen LogP contribution in [0.25, 0.3) is 0 Å². The van der Waals surface area contributed by atoms with Gasteiger partial charge >= 0.3 is 0 Å². The molecule has 0 aliphatic carbocycles. The molecule has 4 heteroatoms. The summed E-state index contributed by atoms with van der Waals surface area (Å²) in [5, 5.41) is 8.85. The Morgan fingerprint density at radius 1 is 1.78 bits per heavy atom. The van der Waals surface area contributed by atoms with Crippen LogP contribution in [0.5, 0.6) is 0 Å². The second-order valence-electron chi connectivity index (χ2n) is 1.96. The van der Waals surface area contributed by atoms with Gasteiger partial charge in [-0.25, -0.2) is 0 Å². The number of carbonyl (C=O) groups is 1. The zero-order valence-electron chi connectivity index (χ0n) is 5.46. The van der Waals surface area contributed by atoms with Gasteiger partial charge in [-0.3, -0.25) is 9.52 Å². The van der Waals surface area contributed by atoms with E-state index in [0.29, 0.717) is 0 Å². The first kappa shape index (κ1) is 8.94. The van der Waals surface area contributed by atoms with Gasteiger partial charge in [0.2, 0.25) is 0 Å². The third kappa shape index (κ3) is 2.84. The van der Waals surface area contributed by atoms with Gasteiger partial charge in [-0.15, -0.1) is 0 Å². The number of aliphatic hydroxyl groups excluding tert-OH is 1. The second-order valence-corrected chi connectivity index (χ2v) is 2.22. The number of Topliss-reactive ketones (excluding diaryl/α,β-unsaturated/α-hetero) is 1. The minimum atomic E-state index is -0.681. The average molecular weight is 149 g/mol. The van der Waals surface area contributed by atoms with Crippen LogP contribution in [0.15, 0.2) is 0 Å². The molecule has 0 aromatic heterocycles. The molecule has 0 aliphatic heterocycles. The van der Waals surface area contributed by atoms with Crippen molar-refractivity contribution in [2.75, 3.05) is 0 Å². The van der Waals surface area contributed by atoms with Crippen LogP contribution in [-0.2, 0) is 4.79 Å². The molecular formula is C5H11NO2S. The van der Waals surface area contributed by atoms with Gasteiger partial charge < -0.3 is 5.11 Å². The van der Waals surface area contributed by atoms with E-state index in [0.717, 1.165) is 0 Å². The molecule has 0 saturated heterocycles. The van der Waals surface area contributed by atoms with E-state index in [1.165, 1.54) is 13.8 Å². The van der Waals surface area contributed by atoms with Crippen molar-refractivity contribution in [2.24, 2.45) is 0 Å². The van der Waals surface area contributed by atoms with E-state index in [4.69, 9.17) is 5.11 Å². The number of rotatable bonds is 3. The molecule has 0 aliphatic rings. The van der Waals surface area contributed by atoms with Gasteiger partial charge in [-0.05, 0) is 13.8 Å². The van der Waals surface area contributed by atoms with Crippen molar-refractivity contribution in [1.29, 1.82) is 0 Å². The van der Waals surface area contributed by atoms with Gasteiger partial charge in [0.15, 0.2) is 0 Å². The molecule has 0 fully saturated rings. The largest absolute Gasteiger partial charge is 0.391 e. The summed E-state index contributed by atoms with van der Waals surface area (Å²) in [5.74, 6) is -0.111. The Labute approximate surface area is 60.0 Å². The van der Waals surface area contributed by atoms with E-state index in [-0.39, 0.29) is 5.78 Å². The molecule has 0 saturated carbocycles. The Balaban J connectivity index is 3.83. The maximum absolute atomic E-state index is 10.5. The molecule has 2 atom stereocenters. The third-order valence-corrected chi connectivity index (χ3v) is 1.34. The van der Waals surface area contributed by atoms with Gasteiger partial charge in [-0.1, -0.05) is 12.8 Å². The topological polar surface area (TPSA) is 49.3 Å². The standard InChI is InChI=1S/C5H11NO2S/c1-3(7)5(6-9)4(2)8/h3,5-7,9H,1-2H3. The molecule has 2 N–H and O–H groups in total. The lowest BCUT2D eigenvalue weighted by molar-refractivity contribution is -0.120. The molecule has 0 amide bonds. The highest BCUT2D eigenvalue weighted by molar-refractivity contribution is 7.78. The molecule has 0 heterocycles. The number of ketones is 1. The van der Waals surface area contributed by atoms with E-state index in [9.17, 15) is 4.79 Å². The maximum atomic E-state index is 10.5. The molecule has 0 aromatic carbocycles. The van der Waals surface area contributed by atoms with Crippen molar-refractivity contribution in [3.63, 3.8) is 0 Å². The summed E-state index contributed by atoms with van der Waals surface area (Å²) in [6.07, 6.45) is -0.681. The van der Waals surface area contributed by atoms with E-state index in [1.807, 2.05) is 0 Å². The van der Waals surface area contributed by atoms with Crippen molar-refractivity contribution >= 4 is 18.6 Å². The van der Waals surface area contributed by atoms with Gasteiger partial charge in [-0.2, -0.15) is 0 Å². The molecule has 54 valence electrons. The second kappa shape index (κ2) is 3.87. The van der Waals surface area contributed by atoms with E-state index >= 15 is 0 Å². The minimum absolute atomic E-state index is 0.111. The number of thiol groups is 1. The number of hydrogen-bond acceptors (Lipinski definition) is 4. The monoisotopic (exact) mass is 149 g/mol. The fourth-order valence-corrected chi connectivity index (χ4v) is 0.936. The van der Waals surface area contributed by atoms with Crippen LogP contribution in [0.1, 0.15) is 13.8 Å². The first-order chi connectivity index (χ1) is 4.09. The highest BCUT2D eigenvalue weighted by Crippen LogP contribution is 1.94. The lowest BCUT2D eigenvalue weighted by Crippen LogP contribution is -2.38. The Bertz CT molecular complexity index is 105. The van der Waals surface area contributed by atoms with Gasteiger partial charge in [0.25, 0.3) is 0 Å². The first-order valence-corrected chi connectivity index (χ1v) is 3.12. The summed E-state index contributed by atoms with van der Waals surface area (Å²) in [6, 6.07) is -0.548. The van der Waals surface area contributed by atoms with Gasteiger partial charge in [0.05, 0.1) is 6.10 Å². The van der Waals surface area contributed by atoms with Crippen LogP contribution in [0.4, 0.5) is 0 Å². The zero-order chi connectivity index (χ0) is 7.44. The summed E-state index contributed by atoms with van der Waals surface area (Å²) >= 11 is 3.66. The normalized spacial score (nSPS) is 16.9. The Hall–Kier alpha value is -0.0600. The number of hydrogen-bond donors (Lipinski definition) is 3. The molecule has 0 rings (SSSR count). The molecule has 9 heavy (non-hydrogen) atoms. The summed E-state index contributed by atoms with van der Waals surface area (Å²) in [7, 11) is 0. The number of nitrogens with one attached hydrogen (secondary N) is 1. The molecule has 0 aromatic rings. The van der Waals surface area contributed by atoms with Gasteiger partial charge in [0, 0.05) is 0 Å². The lowest BCUT2D eigenvalue weighted by Gasteiger charge is -2.13. The van der Waals surface area contributed by atoms with E-state index in [2.05, 4.69) is 17.5 Å². The average Bonchev–Trinajstić information content (AvgIpc) is 1.64. The van der Waals surface area contributed by atoms with Crippen molar-refractivity contribution in [1.82, 2.24) is 4.72 Å². The van der Waals surface area contributed by atoms with Crippen LogP contribution in [-0.4, -0.2) is 23.0 Å². The summed E-state index contributed by atoms with van der Waals surface area (Å²) < 4.78 is 2.40. The number of carbonyl (C=O) groups excluding carboxylic acids is 1. The smallest absolute Gasteiger partial charge is 0.150 e. The molecule has 3 nitrogen and oxygen atoms in total. The Morgan fingerprint density at radius 3 is 2.22 bits per heavy atom. The van der Waals surface area contributed by atoms with Crippen LogP contribution in [0, 0.1) is 0 Å². The van der Waals surface area contributed by atoms with Crippen molar-refractivity contribution < 1.29 is 9.90 Å². The summed E-state index contributed by atoms with van der Waals surface area (Å²) in [4.78, 5) is 10.5. The van der Waals surface area contributed by atoms with Gasteiger partial charge in [0.1, 0.15) is 11.8 Å². The SMILES string of the molecule is CC(=O)C(NS)C(C)O. The zero-order valence-corrected chi connectivity index (χ0v) is 6.35. The van der Waals surface area contributed by atoms with Crippen LogP contribution < -0.4 is 4.72 Å². The Morgan fingerprint density at radius 2 is 2.22 bits per heavy atom. The summed E-state index contributed by atoms with van der Waals surface area (Å²) in [5.41, 5.74) is 0. The van der Waals surface area contributed by atoms with Crippen LogP contribution >= 0.6 is 12.8 Å². The predicted octanol–water partition coefficient (Wildman–Crippen LogP) is -0.241. The highest BCUT2D eigenvalue weighted by Gasteiger charge is 2.16. The van der Waals surface area contributed by atoms with Crippen molar-refractivity contribution in [3.8, 4) is 0 Å². The van der Waals surface area contributed by atoms with E-state index in [1.54, 1.807) is 0 Å². The molecule has 0 spiro atoms. The lowest BCUT2D eigenvalue weighted by atomic mass is 10.1. The van der Waals surface area contributed by atoms with Crippen LogP contribution in [0.3, 0.4) is 0 Å². The summed E-state index contributed by atoms with van der Waals surface area (Å²) in [6.45, 7) is 2.94. The molecule has 0 bridgehead atoms. The molecule has 0 radical (unpaired) electrons.